The first-order valence-corrected chi connectivity index (χ1v) is 7.42. The highest BCUT2D eigenvalue weighted by Crippen LogP contribution is 2.13. The molecule has 0 spiro atoms. The van der Waals surface area contributed by atoms with Crippen molar-refractivity contribution < 1.29 is 4.79 Å². The van der Waals surface area contributed by atoms with Gasteiger partial charge in [-0.25, -0.2) is 0 Å². The summed E-state index contributed by atoms with van der Waals surface area (Å²) in [5.41, 5.74) is 1.35. The highest BCUT2D eigenvalue weighted by atomic mass is 35.5. The van der Waals surface area contributed by atoms with E-state index >= 15 is 0 Å². The summed E-state index contributed by atoms with van der Waals surface area (Å²) in [4.78, 5) is 10.7. The van der Waals surface area contributed by atoms with E-state index in [9.17, 15) is 4.79 Å². The molecule has 1 aromatic rings. The lowest BCUT2D eigenvalue weighted by Gasteiger charge is -2.02. The second-order valence-electron chi connectivity index (χ2n) is 4.13. The molecular formula is C14H19ClOS. The molecule has 0 aromatic heterocycles. The maximum atomic E-state index is 10.7. The monoisotopic (exact) mass is 270 g/mol. The first-order chi connectivity index (χ1) is 8.18. The Hall–Kier alpha value is -0.470. The van der Waals surface area contributed by atoms with Crippen LogP contribution in [0, 0.1) is 0 Å². The van der Waals surface area contributed by atoms with Gasteiger partial charge in [0, 0.05) is 17.7 Å². The van der Waals surface area contributed by atoms with Crippen LogP contribution in [0.3, 0.4) is 0 Å². The molecule has 0 fully saturated rings. The van der Waals surface area contributed by atoms with Gasteiger partial charge in [0.25, 0.3) is 0 Å². The number of carbonyl (C=O) groups is 1. The van der Waals surface area contributed by atoms with Crippen molar-refractivity contribution in [1.29, 1.82) is 0 Å². The SMILES string of the molecule is CC(=O)SCCCCCCc1ccc(Cl)cc1. The van der Waals surface area contributed by atoms with Crippen molar-refractivity contribution in [3.63, 3.8) is 0 Å². The molecule has 0 atom stereocenters. The van der Waals surface area contributed by atoms with Gasteiger partial charge in [-0.2, -0.15) is 0 Å². The molecule has 1 aromatic carbocycles. The minimum Gasteiger partial charge on any atom is -0.288 e. The van der Waals surface area contributed by atoms with Crippen LogP contribution in [0.2, 0.25) is 5.02 Å². The quantitative estimate of drug-likeness (QED) is 0.667. The van der Waals surface area contributed by atoms with Crippen molar-refractivity contribution >= 4 is 28.5 Å². The van der Waals surface area contributed by atoms with E-state index in [1.54, 1.807) is 6.92 Å². The van der Waals surface area contributed by atoms with E-state index in [-0.39, 0.29) is 5.12 Å². The van der Waals surface area contributed by atoms with E-state index in [2.05, 4.69) is 12.1 Å². The molecule has 0 unspecified atom stereocenters. The van der Waals surface area contributed by atoms with Crippen molar-refractivity contribution in [2.24, 2.45) is 0 Å². The minimum atomic E-state index is 0.228. The molecule has 1 nitrogen and oxygen atoms in total. The molecule has 0 bridgehead atoms. The molecule has 94 valence electrons. The second-order valence-corrected chi connectivity index (χ2v) is 5.84. The molecule has 0 heterocycles. The van der Waals surface area contributed by atoms with Gasteiger partial charge < -0.3 is 0 Å². The van der Waals surface area contributed by atoms with Crippen LogP contribution in [0.5, 0.6) is 0 Å². The predicted octanol–water partition coefficient (Wildman–Crippen LogP) is 4.72. The Kier molecular flexibility index (Phi) is 7.38. The number of hydrogen-bond donors (Lipinski definition) is 0. The standard InChI is InChI=1S/C14H19ClOS/c1-12(16)17-11-5-3-2-4-6-13-7-9-14(15)10-8-13/h7-10H,2-6,11H2,1H3. The lowest BCUT2D eigenvalue weighted by molar-refractivity contribution is -0.109. The third-order valence-corrected chi connectivity index (χ3v) is 3.73. The van der Waals surface area contributed by atoms with Gasteiger partial charge >= 0.3 is 0 Å². The summed E-state index contributed by atoms with van der Waals surface area (Å²) < 4.78 is 0. The molecule has 0 aliphatic rings. The maximum absolute atomic E-state index is 10.7. The zero-order chi connectivity index (χ0) is 12.5. The highest BCUT2D eigenvalue weighted by Gasteiger charge is 1.96. The topological polar surface area (TPSA) is 17.1 Å². The summed E-state index contributed by atoms with van der Waals surface area (Å²) in [7, 11) is 0. The highest BCUT2D eigenvalue weighted by molar-refractivity contribution is 8.13. The van der Waals surface area contributed by atoms with E-state index in [0.29, 0.717) is 0 Å². The summed E-state index contributed by atoms with van der Waals surface area (Å²) >= 11 is 7.26. The number of aryl methyl sites for hydroxylation is 1. The minimum absolute atomic E-state index is 0.228. The lowest BCUT2D eigenvalue weighted by atomic mass is 10.1. The van der Waals surface area contributed by atoms with Crippen LogP contribution in [0.25, 0.3) is 0 Å². The Morgan fingerprint density at radius 3 is 2.41 bits per heavy atom. The zero-order valence-electron chi connectivity index (χ0n) is 10.2. The van der Waals surface area contributed by atoms with E-state index in [4.69, 9.17) is 11.6 Å². The third-order valence-electron chi connectivity index (χ3n) is 2.58. The number of unbranched alkanes of at least 4 members (excludes halogenated alkanes) is 3. The van der Waals surface area contributed by atoms with E-state index in [1.807, 2.05) is 12.1 Å². The van der Waals surface area contributed by atoms with Gasteiger partial charge in [0.2, 0.25) is 0 Å². The van der Waals surface area contributed by atoms with Crippen molar-refractivity contribution in [3.8, 4) is 0 Å². The Bertz CT molecular complexity index is 335. The Morgan fingerprint density at radius 1 is 1.12 bits per heavy atom. The fraction of sp³-hybridized carbons (Fsp3) is 0.500. The maximum Gasteiger partial charge on any atom is 0.185 e. The average molecular weight is 271 g/mol. The molecule has 1 rings (SSSR count). The Balaban J connectivity index is 2.01. The van der Waals surface area contributed by atoms with E-state index in [0.717, 1.165) is 23.6 Å². The molecule has 0 saturated heterocycles. The van der Waals surface area contributed by atoms with Crippen LogP contribution in [0.15, 0.2) is 24.3 Å². The molecule has 0 N–H and O–H groups in total. The molecule has 3 heteroatoms. The lowest BCUT2D eigenvalue weighted by Crippen LogP contribution is -1.88. The molecular weight excluding hydrogens is 252 g/mol. The van der Waals surface area contributed by atoms with Crippen LogP contribution >= 0.6 is 23.4 Å². The van der Waals surface area contributed by atoms with Gasteiger partial charge in [-0.15, -0.1) is 0 Å². The number of thioether (sulfide) groups is 1. The fourth-order valence-corrected chi connectivity index (χ4v) is 2.41. The zero-order valence-corrected chi connectivity index (χ0v) is 11.8. The van der Waals surface area contributed by atoms with Crippen molar-refractivity contribution in [1.82, 2.24) is 0 Å². The summed E-state index contributed by atoms with van der Waals surface area (Å²) in [5.74, 6) is 0.969. The molecule has 0 aliphatic heterocycles. The summed E-state index contributed by atoms with van der Waals surface area (Å²) in [6.07, 6.45) is 5.93. The smallest absolute Gasteiger partial charge is 0.185 e. The van der Waals surface area contributed by atoms with E-state index < -0.39 is 0 Å². The predicted molar refractivity (Wildman–Crippen MR) is 76.8 cm³/mol. The average Bonchev–Trinajstić information content (AvgIpc) is 2.30. The van der Waals surface area contributed by atoms with Crippen molar-refractivity contribution in [2.45, 2.75) is 39.0 Å². The van der Waals surface area contributed by atoms with Crippen LogP contribution in [-0.4, -0.2) is 10.9 Å². The number of rotatable bonds is 7. The second kappa shape index (κ2) is 8.60. The van der Waals surface area contributed by atoms with Crippen LogP contribution in [0.4, 0.5) is 0 Å². The molecule has 0 radical (unpaired) electrons. The molecule has 17 heavy (non-hydrogen) atoms. The Morgan fingerprint density at radius 2 is 1.76 bits per heavy atom. The van der Waals surface area contributed by atoms with Crippen molar-refractivity contribution in [3.05, 3.63) is 34.9 Å². The van der Waals surface area contributed by atoms with Crippen molar-refractivity contribution in [2.75, 3.05) is 5.75 Å². The molecule has 0 saturated carbocycles. The summed E-state index contributed by atoms with van der Waals surface area (Å²) in [5, 5.41) is 1.03. The van der Waals surface area contributed by atoms with Gasteiger partial charge in [0.1, 0.15) is 0 Å². The molecule has 0 aliphatic carbocycles. The summed E-state index contributed by atoms with van der Waals surface area (Å²) in [6, 6.07) is 8.07. The Labute approximate surface area is 113 Å². The van der Waals surface area contributed by atoms with Crippen LogP contribution < -0.4 is 0 Å². The van der Waals surface area contributed by atoms with Gasteiger partial charge in [-0.05, 0) is 37.0 Å². The number of carbonyl (C=O) groups excluding carboxylic acids is 1. The number of halogens is 1. The van der Waals surface area contributed by atoms with Crippen LogP contribution in [-0.2, 0) is 11.2 Å². The van der Waals surface area contributed by atoms with Gasteiger partial charge in [0.05, 0.1) is 0 Å². The number of benzene rings is 1. The van der Waals surface area contributed by atoms with Gasteiger partial charge in [-0.3, -0.25) is 4.79 Å². The fourth-order valence-electron chi connectivity index (χ4n) is 1.65. The molecule has 0 amide bonds. The van der Waals surface area contributed by atoms with Gasteiger partial charge in [-0.1, -0.05) is 48.3 Å². The largest absolute Gasteiger partial charge is 0.288 e. The normalized spacial score (nSPS) is 10.5. The first-order valence-electron chi connectivity index (χ1n) is 6.06. The van der Waals surface area contributed by atoms with Crippen LogP contribution in [0.1, 0.15) is 38.2 Å². The first kappa shape index (κ1) is 14.6. The van der Waals surface area contributed by atoms with E-state index in [1.165, 1.54) is 36.6 Å². The van der Waals surface area contributed by atoms with Gasteiger partial charge in [0.15, 0.2) is 5.12 Å². The number of hydrogen-bond acceptors (Lipinski definition) is 2. The summed E-state index contributed by atoms with van der Waals surface area (Å²) in [6.45, 7) is 1.63. The third kappa shape index (κ3) is 7.45.